The van der Waals surface area contributed by atoms with Gasteiger partial charge in [0, 0.05) is 18.5 Å². The summed E-state index contributed by atoms with van der Waals surface area (Å²) in [5.41, 5.74) is -0.135. The Morgan fingerprint density at radius 2 is 1.73 bits per heavy atom. The van der Waals surface area contributed by atoms with Crippen molar-refractivity contribution in [2.75, 3.05) is 27.2 Å². The van der Waals surface area contributed by atoms with Crippen molar-refractivity contribution < 1.29 is 33.3 Å². The van der Waals surface area contributed by atoms with E-state index in [-0.39, 0.29) is 40.8 Å². The highest BCUT2D eigenvalue weighted by molar-refractivity contribution is 5.93. The van der Waals surface area contributed by atoms with Crippen LogP contribution in [0.25, 0.3) is 0 Å². The number of Topliss-reactive ketones (excluding diaryl/α,β-unsaturated/α-hetero) is 1. The predicted molar refractivity (Wildman–Crippen MR) is 178 cm³/mol. The van der Waals surface area contributed by atoms with Crippen LogP contribution in [-0.4, -0.2) is 91.8 Å². The lowest BCUT2D eigenvalue weighted by Crippen LogP contribution is -2.44. The fourth-order valence-electron chi connectivity index (χ4n) is 3.89. The van der Waals surface area contributed by atoms with E-state index in [1.165, 1.54) is 25.8 Å². The zero-order valence-corrected chi connectivity index (χ0v) is 29.8. The molecule has 2 saturated heterocycles. The van der Waals surface area contributed by atoms with Gasteiger partial charge in [-0.05, 0) is 72.5 Å². The molecule has 12 heteroatoms. The number of likely N-dealkylation sites (N-methyl/N-ethyl adjacent to an activating group) is 2. The number of aryl methyl sites for hydroxylation is 1. The molecule has 0 saturated carbocycles. The largest absolute Gasteiger partial charge is 0.361 e. The van der Waals surface area contributed by atoms with E-state index in [1.807, 2.05) is 41.7 Å². The van der Waals surface area contributed by atoms with Crippen LogP contribution in [-0.2, 0) is 24.0 Å². The highest BCUT2D eigenvalue weighted by Crippen LogP contribution is 2.18. The molecular weight excluding hydrogens is 578 g/mol. The van der Waals surface area contributed by atoms with Crippen LogP contribution in [0.15, 0.2) is 10.6 Å². The first-order chi connectivity index (χ1) is 21.2. The van der Waals surface area contributed by atoms with Crippen LogP contribution in [0.4, 0.5) is 0 Å². The van der Waals surface area contributed by atoms with E-state index in [0.717, 1.165) is 44.8 Å². The second kappa shape index (κ2) is 27.1. The molecule has 0 aromatic carbocycles. The maximum Gasteiger partial charge on any atom is 0.274 e. The molecule has 0 spiro atoms. The second-order valence-corrected chi connectivity index (χ2v) is 11.5. The van der Waals surface area contributed by atoms with Crippen LogP contribution in [0.1, 0.15) is 111 Å². The number of ketones is 1. The average molecular weight is 640 g/mol. The van der Waals surface area contributed by atoms with Gasteiger partial charge in [-0.2, -0.15) is 0 Å². The minimum Gasteiger partial charge on any atom is -0.361 e. The molecule has 4 unspecified atom stereocenters. The number of likely N-dealkylation sites (tertiary alicyclic amines) is 1. The summed E-state index contributed by atoms with van der Waals surface area (Å²) in [5, 5.41) is 11.9. The number of aldehydes is 3. The zero-order chi connectivity index (χ0) is 35.6. The van der Waals surface area contributed by atoms with E-state index in [2.05, 4.69) is 39.9 Å². The van der Waals surface area contributed by atoms with Crippen LogP contribution < -0.4 is 16.0 Å². The number of nitrogens with one attached hydrogen (secondary N) is 3. The van der Waals surface area contributed by atoms with Gasteiger partial charge in [-0.25, -0.2) is 0 Å². The summed E-state index contributed by atoms with van der Waals surface area (Å²) in [4.78, 5) is 65.9. The van der Waals surface area contributed by atoms with Crippen molar-refractivity contribution in [1.29, 1.82) is 0 Å². The molecule has 3 rings (SSSR count). The summed E-state index contributed by atoms with van der Waals surface area (Å²) in [6.45, 7) is 20.4. The van der Waals surface area contributed by atoms with Crippen LogP contribution in [0.3, 0.4) is 0 Å². The summed E-state index contributed by atoms with van der Waals surface area (Å²) < 4.78 is 4.79. The molecule has 260 valence electrons. The minimum absolute atomic E-state index is 0.0151. The molecular formula is C33H61N5O7. The smallest absolute Gasteiger partial charge is 0.274 e. The van der Waals surface area contributed by atoms with Gasteiger partial charge >= 0.3 is 0 Å². The van der Waals surface area contributed by atoms with Crippen LogP contribution in [0.5, 0.6) is 0 Å². The fraction of sp³-hybridized carbons (Fsp3) is 0.727. The van der Waals surface area contributed by atoms with E-state index in [9.17, 15) is 24.0 Å². The number of rotatable bonds is 8. The van der Waals surface area contributed by atoms with E-state index >= 15 is 0 Å². The van der Waals surface area contributed by atoms with E-state index in [1.54, 1.807) is 20.9 Å². The van der Waals surface area contributed by atoms with Crippen molar-refractivity contribution >= 4 is 36.5 Å². The molecule has 2 amide bonds. The Hall–Kier alpha value is -3.25. The summed E-state index contributed by atoms with van der Waals surface area (Å²) >= 11 is 0. The number of carbonyl (C=O) groups excluding carboxylic acids is 6. The molecule has 0 aliphatic carbocycles. The maximum atomic E-state index is 11.7. The Labute approximate surface area is 271 Å². The summed E-state index contributed by atoms with van der Waals surface area (Å²) in [6, 6.07) is 1.03. The van der Waals surface area contributed by atoms with Crippen molar-refractivity contribution in [3.63, 3.8) is 0 Å². The number of aromatic nitrogens is 1. The number of amides is 2. The van der Waals surface area contributed by atoms with Gasteiger partial charge in [-0.1, -0.05) is 60.0 Å². The molecule has 2 aliphatic heterocycles. The van der Waals surface area contributed by atoms with Crippen LogP contribution in [0, 0.1) is 18.3 Å². The molecule has 2 aliphatic rings. The van der Waals surface area contributed by atoms with Crippen molar-refractivity contribution in [2.24, 2.45) is 11.3 Å². The van der Waals surface area contributed by atoms with Gasteiger partial charge in [0.1, 0.15) is 30.4 Å². The highest BCUT2D eigenvalue weighted by atomic mass is 16.5. The van der Waals surface area contributed by atoms with Crippen molar-refractivity contribution in [3.05, 3.63) is 17.5 Å². The highest BCUT2D eigenvalue weighted by Gasteiger charge is 2.28. The molecule has 1 aromatic rings. The summed E-state index contributed by atoms with van der Waals surface area (Å²) in [7, 11) is 3.74. The lowest BCUT2D eigenvalue weighted by atomic mass is 9.87. The molecule has 1 aromatic heterocycles. The SMILES string of the molecule is CC.CC=O.CCC.CN1CCCC1C=O.CNC(CC1CCNC1=O)C(C)=O.Cc1cc(C(=O)NC(C=O)C(C)(C)C)no1. The van der Waals surface area contributed by atoms with Crippen molar-refractivity contribution in [3.8, 4) is 0 Å². The van der Waals surface area contributed by atoms with Crippen molar-refractivity contribution in [1.82, 2.24) is 26.0 Å². The second-order valence-electron chi connectivity index (χ2n) is 11.5. The molecule has 4 atom stereocenters. The lowest BCUT2D eigenvalue weighted by molar-refractivity contribution is -0.123. The number of nitrogens with zero attached hydrogens (tertiary/aromatic N) is 2. The Kier molecular flexibility index (Phi) is 27.8. The number of carbonyl (C=O) groups is 6. The van der Waals surface area contributed by atoms with Crippen LogP contribution >= 0.6 is 0 Å². The monoisotopic (exact) mass is 639 g/mol. The molecule has 12 nitrogen and oxygen atoms in total. The van der Waals surface area contributed by atoms with E-state index < -0.39 is 11.9 Å². The van der Waals surface area contributed by atoms with Gasteiger partial charge in [0.25, 0.3) is 5.91 Å². The first kappa shape index (κ1) is 46.2. The molecule has 2 fully saturated rings. The van der Waals surface area contributed by atoms with Gasteiger partial charge in [-0.15, -0.1) is 0 Å². The minimum atomic E-state index is -0.544. The van der Waals surface area contributed by atoms with Gasteiger partial charge < -0.3 is 34.9 Å². The van der Waals surface area contributed by atoms with Gasteiger partial charge in [0.2, 0.25) is 5.91 Å². The molecule has 3 heterocycles. The maximum absolute atomic E-state index is 11.7. The van der Waals surface area contributed by atoms with Gasteiger partial charge in [0.15, 0.2) is 5.69 Å². The third-order valence-electron chi connectivity index (χ3n) is 6.47. The third kappa shape index (κ3) is 21.2. The molecule has 3 N–H and O–H groups in total. The Bertz CT molecular complexity index is 975. The average Bonchev–Trinajstić information content (AvgIpc) is 3.73. The molecule has 45 heavy (non-hydrogen) atoms. The summed E-state index contributed by atoms with van der Waals surface area (Å²) in [5.74, 6) is 0.359. The van der Waals surface area contributed by atoms with E-state index in [0.29, 0.717) is 12.2 Å². The number of hydrogen-bond donors (Lipinski definition) is 3. The summed E-state index contributed by atoms with van der Waals surface area (Å²) in [6.07, 6.45) is 7.47. The Morgan fingerprint density at radius 3 is 2.02 bits per heavy atom. The zero-order valence-electron chi connectivity index (χ0n) is 29.8. The van der Waals surface area contributed by atoms with Gasteiger partial charge in [0.05, 0.1) is 18.1 Å². The third-order valence-corrected chi connectivity index (χ3v) is 6.47. The van der Waals surface area contributed by atoms with Crippen LogP contribution in [0.2, 0.25) is 0 Å². The van der Waals surface area contributed by atoms with Gasteiger partial charge in [-0.3, -0.25) is 19.3 Å². The number of hydrogen-bond acceptors (Lipinski definition) is 10. The first-order valence-electron chi connectivity index (χ1n) is 15.9. The fourth-order valence-corrected chi connectivity index (χ4v) is 3.89. The Balaban J connectivity index is -0.000000543. The standard InChI is InChI=1S/C11H16N2O3.C9H16N2O2.C6H11NO.C3H8.C2H4O.C2H6/c1-7-5-8(13-16-7)10(15)12-9(6-14)11(2,3)4;1-6(12)8(10-2)5-7-3-4-11-9(7)13;1-7-4-2-3-6(7)5-8;1-3-2;1-2-3;1-2/h5-6,9H,1-4H3,(H,12,15);7-8,10H,3-5H2,1-2H3,(H,11,13);5-6H,2-4H2,1H3;3H2,1-2H3;2H,1H3;1-2H3. The van der Waals surface area contributed by atoms with Crippen molar-refractivity contribution in [2.45, 2.75) is 119 Å². The lowest BCUT2D eigenvalue weighted by Gasteiger charge is -2.26. The quantitative estimate of drug-likeness (QED) is 0.354. The van der Waals surface area contributed by atoms with E-state index in [4.69, 9.17) is 9.32 Å². The molecule has 0 radical (unpaired) electrons. The predicted octanol–water partition coefficient (Wildman–Crippen LogP) is 3.94. The normalized spacial score (nSPS) is 18.0. The first-order valence-corrected chi connectivity index (χ1v) is 15.9. The topological polar surface area (TPSA) is 168 Å². The Morgan fingerprint density at radius 1 is 1.18 bits per heavy atom. The molecule has 0 bridgehead atoms.